The number of nitrogens with zero attached hydrogens (tertiary/aromatic N) is 2. The van der Waals surface area contributed by atoms with Crippen LogP contribution in [0.3, 0.4) is 0 Å². The Kier molecular flexibility index (Phi) is 4.04. The van der Waals surface area contributed by atoms with Gasteiger partial charge in [0.05, 0.1) is 16.7 Å². The summed E-state index contributed by atoms with van der Waals surface area (Å²) < 4.78 is 4.27. The molecule has 1 heterocycles. The molecule has 0 spiro atoms. The van der Waals surface area contributed by atoms with E-state index in [0.29, 0.717) is 0 Å². The molecule has 0 unspecified atom stereocenters. The maximum absolute atomic E-state index is 5.89. The zero-order valence-electron chi connectivity index (χ0n) is 11.6. The number of aromatic nitrogens is 2. The summed E-state index contributed by atoms with van der Waals surface area (Å²) in [5.41, 5.74) is 9.70. The number of para-hydroxylation sites is 1. The van der Waals surface area contributed by atoms with Gasteiger partial charge in [-0.2, -0.15) is 0 Å². The molecule has 0 aliphatic carbocycles. The van der Waals surface area contributed by atoms with Crippen molar-refractivity contribution in [3.8, 4) is 5.69 Å². The van der Waals surface area contributed by atoms with E-state index < -0.39 is 0 Å². The molecule has 3 rings (SSSR count). The highest BCUT2D eigenvalue weighted by Crippen LogP contribution is 2.33. The summed E-state index contributed by atoms with van der Waals surface area (Å²) >= 11 is 7.30. The van der Waals surface area contributed by atoms with E-state index in [9.17, 15) is 0 Å². The van der Waals surface area contributed by atoms with Crippen molar-refractivity contribution in [3.63, 3.8) is 0 Å². The average molecular weight is 409 g/mol. The monoisotopic (exact) mass is 407 g/mol. The van der Waals surface area contributed by atoms with E-state index in [2.05, 4.69) is 43.4 Å². The Labute approximate surface area is 140 Å². The summed E-state index contributed by atoms with van der Waals surface area (Å²) in [4.78, 5) is 4.76. The first-order valence-electron chi connectivity index (χ1n) is 6.83. The predicted octanol–water partition coefficient (Wildman–Crippen LogP) is 5.09. The van der Waals surface area contributed by atoms with Gasteiger partial charge in [0.25, 0.3) is 0 Å². The number of aryl methyl sites for hydroxylation is 1. The third-order valence-corrected chi connectivity index (χ3v) is 4.66. The van der Waals surface area contributed by atoms with Gasteiger partial charge in [-0.05, 0) is 68.6 Å². The van der Waals surface area contributed by atoms with Gasteiger partial charge in [0.15, 0.2) is 0 Å². The first-order valence-corrected chi connectivity index (χ1v) is 8.41. The van der Waals surface area contributed by atoms with Crippen LogP contribution in [-0.4, -0.2) is 9.55 Å². The van der Waals surface area contributed by atoms with E-state index in [4.69, 9.17) is 10.7 Å². The number of anilines is 1. The highest BCUT2D eigenvalue weighted by molar-refractivity contribution is 9.11. The van der Waals surface area contributed by atoms with Crippen LogP contribution in [0.4, 0.5) is 5.69 Å². The lowest BCUT2D eigenvalue weighted by molar-refractivity contribution is 0.816. The van der Waals surface area contributed by atoms with E-state index in [-0.39, 0.29) is 0 Å². The normalized spacial score (nSPS) is 11.2. The minimum Gasteiger partial charge on any atom is -0.399 e. The number of hydrogen-bond acceptors (Lipinski definition) is 2. The molecule has 2 aromatic carbocycles. The molecule has 2 N–H and O–H groups in total. The van der Waals surface area contributed by atoms with Crippen molar-refractivity contribution in [2.45, 2.75) is 19.8 Å². The number of hydrogen-bond donors (Lipinski definition) is 1. The Morgan fingerprint density at radius 2 is 1.86 bits per heavy atom. The van der Waals surface area contributed by atoms with Crippen LogP contribution in [0.25, 0.3) is 16.7 Å². The van der Waals surface area contributed by atoms with Crippen LogP contribution in [-0.2, 0) is 6.42 Å². The number of nitrogen functional groups attached to an aromatic ring is 1. The van der Waals surface area contributed by atoms with E-state index in [1.165, 1.54) is 0 Å². The fourth-order valence-electron chi connectivity index (χ4n) is 2.49. The van der Waals surface area contributed by atoms with Crippen molar-refractivity contribution in [2.75, 3.05) is 5.73 Å². The molecule has 5 heteroatoms. The van der Waals surface area contributed by atoms with Gasteiger partial charge >= 0.3 is 0 Å². The number of benzene rings is 2. The van der Waals surface area contributed by atoms with Gasteiger partial charge in [0.1, 0.15) is 5.82 Å². The molecular formula is C16H15Br2N3. The SMILES string of the molecule is CCCc1nc2cc(N)ccc2n1-c1c(Br)cccc1Br. The zero-order valence-corrected chi connectivity index (χ0v) is 14.8. The van der Waals surface area contributed by atoms with Gasteiger partial charge in [-0.25, -0.2) is 4.98 Å². The highest BCUT2D eigenvalue weighted by Gasteiger charge is 2.16. The van der Waals surface area contributed by atoms with Crippen LogP contribution >= 0.6 is 31.9 Å². The van der Waals surface area contributed by atoms with Crippen molar-refractivity contribution in [3.05, 3.63) is 51.2 Å². The molecular weight excluding hydrogens is 394 g/mol. The molecule has 0 atom stereocenters. The molecule has 1 aromatic heterocycles. The van der Waals surface area contributed by atoms with Gasteiger partial charge in [0.2, 0.25) is 0 Å². The lowest BCUT2D eigenvalue weighted by Gasteiger charge is -2.13. The molecule has 0 bridgehead atoms. The quantitative estimate of drug-likeness (QED) is 0.613. The fourth-order valence-corrected chi connectivity index (χ4v) is 3.84. The first-order chi connectivity index (χ1) is 10.1. The van der Waals surface area contributed by atoms with Gasteiger partial charge in [0, 0.05) is 21.1 Å². The van der Waals surface area contributed by atoms with Gasteiger partial charge in [-0.3, -0.25) is 4.57 Å². The second kappa shape index (κ2) is 5.81. The van der Waals surface area contributed by atoms with Crippen LogP contribution in [0.2, 0.25) is 0 Å². The number of fused-ring (bicyclic) bond motifs is 1. The molecule has 0 radical (unpaired) electrons. The summed E-state index contributed by atoms with van der Waals surface area (Å²) in [6.07, 6.45) is 1.96. The van der Waals surface area contributed by atoms with E-state index in [0.717, 1.165) is 50.0 Å². The van der Waals surface area contributed by atoms with Crippen molar-refractivity contribution in [1.29, 1.82) is 0 Å². The molecule has 3 nitrogen and oxygen atoms in total. The van der Waals surface area contributed by atoms with Crippen molar-refractivity contribution >= 4 is 48.6 Å². The van der Waals surface area contributed by atoms with E-state index >= 15 is 0 Å². The van der Waals surface area contributed by atoms with Crippen molar-refractivity contribution < 1.29 is 0 Å². The smallest absolute Gasteiger partial charge is 0.114 e. The number of nitrogens with two attached hydrogens (primary N) is 1. The molecule has 21 heavy (non-hydrogen) atoms. The van der Waals surface area contributed by atoms with Gasteiger partial charge in [-0.15, -0.1) is 0 Å². The summed E-state index contributed by atoms with van der Waals surface area (Å²) in [7, 11) is 0. The van der Waals surface area contributed by atoms with E-state index in [1.807, 2.05) is 36.4 Å². The Morgan fingerprint density at radius 3 is 2.52 bits per heavy atom. The maximum Gasteiger partial charge on any atom is 0.114 e. The summed E-state index contributed by atoms with van der Waals surface area (Å²) in [6, 6.07) is 12.0. The zero-order chi connectivity index (χ0) is 15.0. The predicted molar refractivity (Wildman–Crippen MR) is 94.9 cm³/mol. The minimum absolute atomic E-state index is 0.737. The van der Waals surface area contributed by atoms with Crippen LogP contribution in [0.1, 0.15) is 19.2 Å². The molecule has 0 saturated heterocycles. The molecule has 0 aliphatic rings. The van der Waals surface area contributed by atoms with Crippen LogP contribution in [0.5, 0.6) is 0 Å². The number of rotatable bonds is 3. The lowest BCUT2D eigenvalue weighted by Crippen LogP contribution is -2.03. The van der Waals surface area contributed by atoms with Gasteiger partial charge < -0.3 is 5.73 Å². The number of imidazole rings is 1. The molecule has 0 fully saturated rings. The molecule has 0 amide bonds. The largest absolute Gasteiger partial charge is 0.399 e. The lowest BCUT2D eigenvalue weighted by atomic mass is 10.2. The fraction of sp³-hybridized carbons (Fsp3) is 0.188. The molecule has 3 aromatic rings. The van der Waals surface area contributed by atoms with Crippen molar-refractivity contribution in [1.82, 2.24) is 9.55 Å². The van der Waals surface area contributed by atoms with Crippen LogP contribution in [0, 0.1) is 0 Å². The topological polar surface area (TPSA) is 43.8 Å². The Morgan fingerprint density at radius 1 is 1.14 bits per heavy atom. The Hall–Kier alpha value is -1.33. The molecule has 0 aliphatic heterocycles. The van der Waals surface area contributed by atoms with Crippen LogP contribution < -0.4 is 5.73 Å². The van der Waals surface area contributed by atoms with Gasteiger partial charge in [-0.1, -0.05) is 13.0 Å². The molecule has 0 saturated carbocycles. The minimum atomic E-state index is 0.737. The van der Waals surface area contributed by atoms with E-state index in [1.54, 1.807) is 0 Å². The van der Waals surface area contributed by atoms with Crippen LogP contribution in [0.15, 0.2) is 45.3 Å². The molecule has 108 valence electrons. The summed E-state index contributed by atoms with van der Waals surface area (Å²) in [6.45, 7) is 2.16. The second-order valence-electron chi connectivity index (χ2n) is 4.93. The van der Waals surface area contributed by atoms with Crippen molar-refractivity contribution in [2.24, 2.45) is 0 Å². The number of halogens is 2. The Bertz CT molecular complexity index is 788. The average Bonchev–Trinajstić information content (AvgIpc) is 2.77. The Balaban J connectivity index is 2.36. The second-order valence-corrected chi connectivity index (χ2v) is 6.64. The maximum atomic E-state index is 5.89. The summed E-state index contributed by atoms with van der Waals surface area (Å²) in [5, 5.41) is 0. The highest BCUT2D eigenvalue weighted by atomic mass is 79.9. The third kappa shape index (κ3) is 2.60. The first kappa shape index (κ1) is 14.6. The summed E-state index contributed by atoms with van der Waals surface area (Å²) in [5.74, 6) is 1.05. The third-order valence-electron chi connectivity index (χ3n) is 3.38. The standard InChI is InChI=1S/C16H15Br2N3/c1-2-4-15-20-13-9-10(19)7-8-14(13)21(15)16-11(17)5-3-6-12(16)18/h3,5-9H,2,4,19H2,1H3.